The summed E-state index contributed by atoms with van der Waals surface area (Å²) in [6, 6.07) is 0. The number of hydrogen-bond acceptors (Lipinski definition) is 0. The van der Waals surface area contributed by atoms with Crippen LogP contribution in [0.25, 0.3) is 0 Å². The van der Waals surface area contributed by atoms with E-state index in [-0.39, 0.29) is 0 Å². The Balaban J connectivity index is -0.000000257. The third-order valence-electron chi connectivity index (χ3n) is 3.41. The van der Waals surface area contributed by atoms with Gasteiger partial charge in [0.15, 0.2) is 0 Å². The molecular formula is C20H46. The molecular weight excluding hydrogens is 240 g/mol. The van der Waals surface area contributed by atoms with E-state index in [2.05, 4.69) is 27.7 Å². The highest BCUT2D eigenvalue weighted by Gasteiger charge is 1.86. The first-order valence-electron chi connectivity index (χ1n) is 9.83. The minimum absolute atomic E-state index is 1.37. The van der Waals surface area contributed by atoms with Crippen LogP contribution >= 0.6 is 0 Å². The maximum absolute atomic E-state index is 2.26. The molecule has 0 heteroatoms. The van der Waals surface area contributed by atoms with Gasteiger partial charge in [0.2, 0.25) is 0 Å². The van der Waals surface area contributed by atoms with Crippen molar-refractivity contribution in [1.29, 1.82) is 0 Å². The quantitative estimate of drug-likeness (QED) is 0.315. The Bertz CT molecular complexity index is 80.6. The molecule has 0 aliphatic carbocycles. The van der Waals surface area contributed by atoms with Crippen LogP contribution in [0, 0.1) is 0 Å². The molecule has 0 aromatic rings. The summed E-state index contributed by atoms with van der Waals surface area (Å²) in [6.45, 7) is 13.1. The Morgan fingerprint density at radius 2 is 0.450 bits per heavy atom. The van der Waals surface area contributed by atoms with Crippen LogP contribution in [0.5, 0.6) is 0 Å². The fourth-order valence-corrected chi connectivity index (χ4v) is 2.06. The lowest BCUT2D eigenvalue weighted by Gasteiger charge is -1.96. The summed E-state index contributed by atoms with van der Waals surface area (Å²) < 4.78 is 0. The second kappa shape index (κ2) is 31.4. The molecule has 20 heavy (non-hydrogen) atoms. The van der Waals surface area contributed by atoms with Crippen molar-refractivity contribution in [1.82, 2.24) is 0 Å². The van der Waals surface area contributed by atoms with Crippen LogP contribution in [-0.4, -0.2) is 0 Å². The van der Waals surface area contributed by atoms with Gasteiger partial charge in [-0.05, 0) is 0 Å². The first-order chi connectivity index (χ1) is 9.83. The molecule has 0 atom stereocenters. The molecule has 0 nitrogen and oxygen atoms in total. The number of hydrogen-bond donors (Lipinski definition) is 0. The van der Waals surface area contributed by atoms with Gasteiger partial charge in [0.1, 0.15) is 0 Å². The van der Waals surface area contributed by atoms with E-state index in [0.717, 1.165) is 0 Å². The molecule has 0 unspecified atom stereocenters. The molecule has 0 aromatic heterocycles. The summed E-state index contributed by atoms with van der Waals surface area (Å²) in [4.78, 5) is 0. The average molecular weight is 287 g/mol. The van der Waals surface area contributed by atoms with Crippen molar-refractivity contribution in [2.75, 3.05) is 0 Å². The lowest BCUT2D eigenvalue weighted by molar-refractivity contribution is 0.602. The molecule has 0 aliphatic rings. The topological polar surface area (TPSA) is 0 Å². The summed E-state index contributed by atoms with van der Waals surface area (Å²) in [5.74, 6) is 0. The van der Waals surface area contributed by atoms with Crippen molar-refractivity contribution >= 4 is 0 Å². The van der Waals surface area contributed by atoms with Gasteiger partial charge < -0.3 is 0 Å². The van der Waals surface area contributed by atoms with Crippen LogP contribution in [0.15, 0.2) is 0 Å². The number of unbranched alkanes of at least 4 members (excludes halogenated alkanes) is 12. The molecule has 0 rings (SSSR count). The molecule has 0 saturated heterocycles. The highest BCUT2D eigenvalue weighted by Crippen LogP contribution is 2.06. The van der Waals surface area contributed by atoms with Crippen LogP contribution in [0.2, 0.25) is 0 Å². The van der Waals surface area contributed by atoms with Gasteiger partial charge in [-0.1, -0.05) is 131 Å². The highest BCUT2D eigenvalue weighted by atomic mass is 13.9. The Morgan fingerprint density at radius 1 is 0.300 bits per heavy atom. The molecule has 126 valence electrons. The van der Waals surface area contributed by atoms with E-state index >= 15 is 0 Å². The molecule has 0 saturated carbocycles. The Labute approximate surface area is 132 Å². The normalized spacial score (nSPS) is 9.30. The van der Waals surface area contributed by atoms with E-state index < -0.39 is 0 Å². The smallest absolute Gasteiger partial charge is 0.0533 e. The second-order valence-corrected chi connectivity index (χ2v) is 5.54. The van der Waals surface area contributed by atoms with Gasteiger partial charge in [0.05, 0.1) is 0 Å². The van der Waals surface area contributed by atoms with Crippen molar-refractivity contribution in [3.05, 3.63) is 0 Å². The van der Waals surface area contributed by atoms with Crippen LogP contribution in [-0.2, 0) is 0 Å². The van der Waals surface area contributed by atoms with Crippen molar-refractivity contribution in [3.8, 4) is 0 Å². The third kappa shape index (κ3) is 36.1. The minimum Gasteiger partial charge on any atom is -0.0683 e. The minimum atomic E-state index is 1.37. The maximum atomic E-state index is 2.26. The molecule has 0 fully saturated rings. The zero-order chi connectivity index (χ0) is 15.9. The van der Waals surface area contributed by atoms with Crippen molar-refractivity contribution in [2.45, 2.75) is 131 Å². The molecule has 0 bridgehead atoms. The Kier molecular flexibility index (Phi) is 39.2. The van der Waals surface area contributed by atoms with Gasteiger partial charge in [-0.2, -0.15) is 0 Å². The van der Waals surface area contributed by atoms with Gasteiger partial charge in [0.25, 0.3) is 0 Å². The fourth-order valence-electron chi connectivity index (χ4n) is 2.06. The summed E-state index contributed by atoms with van der Waals surface area (Å²) >= 11 is 0. The zero-order valence-corrected chi connectivity index (χ0v) is 15.9. The predicted molar refractivity (Wildman–Crippen MR) is 98.7 cm³/mol. The largest absolute Gasteiger partial charge is 0.0683 e. The average Bonchev–Trinajstić information content (AvgIpc) is 2.50. The molecule has 0 amide bonds. The van der Waals surface area contributed by atoms with Crippen LogP contribution in [0.1, 0.15) is 131 Å². The van der Waals surface area contributed by atoms with E-state index in [9.17, 15) is 0 Å². The molecule has 0 heterocycles. The van der Waals surface area contributed by atoms with E-state index in [1.165, 1.54) is 89.9 Å². The second-order valence-electron chi connectivity index (χ2n) is 5.54. The predicted octanol–water partition coefficient (Wildman–Crippen LogP) is 8.54. The highest BCUT2D eigenvalue weighted by molar-refractivity contribution is 4.42. The van der Waals surface area contributed by atoms with E-state index in [1.807, 2.05) is 13.8 Å². The van der Waals surface area contributed by atoms with Gasteiger partial charge in [-0.3, -0.25) is 0 Å². The van der Waals surface area contributed by atoms with Gasteiger partial charge in [0, 0.05) is 0 Å². The molecule has 0 aromatic carbocycles. The SMILES string of the molecule is CC.CCCCCCCCC.CCCCCCCCC. The first-order valence-corrected chi connectivity index (χ1v) is 9.83. The van der Waals surface area contributed by atoms with E-state index in [1.54, 1.807) is 0 Å². The van der Waals surface area contributed by atoms with E-state index in [4.69, 9.17) is 0 Å². The van der Waals surface area contributed by atoms with Crippen LogP contribution in [0.4, 0.5) is 0 Å². The van der Waals surface area contributed by atoms with Crippen LogP contribution in [0.3, 0.4) is 0 Å². The van der Waals surface area contributed by atoms with Crippen LogP contribution < -0.4 is 0 Å². The Morgan fingerprint density at radius 3 is 0.600 bits per heavy atom. The maximum Gasteiger partial charge on any atom is -0.0533 e. The number of rotatable bonds is 12. The summed E-state index contributed by atoms with van der Waals surface area (Å²) in [7, 11) is 0. The summed E-state index contributed by atoms with van der Waals surface area (Å²) in [5.41, 5.74) is 0. The van der Waals surface area contributed by atoms with Gasteiger partial charge in [-0.25, -0.2) is 0 Å². The summed E-state index contributed by atoms with van der Waals surface area (Å²) in [6.07, 6.45) is 19.9. The van der Waals surface area contributed by atoms with E-state index in [0.29, 0.717) is 0 Å². The van der Waals surface area contributed by atoms with Crippen molar-refractivity contribution in [3.63, 3.8) is 0 Å². The lowest BCUT2D eigenvalue weighted by Crippen LogP contribution is -1.76. The molecule has 0 aliphatic heterocycles. The Hall–Kier alpha value is 0. The first kappa shape index (κ1) is 25.0. The fraction of sp³-hybridized carbons (Fsp3) is 1.00. The molecule has 0 spiro atoms. The summed E-state index contributed by atoms with van der Waals surface area (Å²) in [5, 5.41) is 0. The standard InChI is InChI=1S/2C9H20.C2H6/c2*1-3-5-7-9-8-6-4-2;1-2/h2*3-9H2,1-2H3;1-2H3. The van der Waals surface area contributed by atoms with Crippen molar-refractivity contribution in [2.24, 2.45) is 0 Å². The zero-order valence-electron chi connectivity index (χ0n) is 15.9. The molecule has 0 radical (unpaired) electrons. The van der Waals surface area contributed by atoms with Gasteiger partial charge in [-0.15, -0.1) is 0 Å². The third-order valence-corrected chi connectivity index (χ3v) is 3.41. The van der Waals surface area contributed by atoms with Gasteiger partial charge >= 0.3 is 0 Å². The molecule has 0 N–H and O–H groups in total. The lowest BCUT2D eigenvalue weighted by atomic mass is 10.1. The van der Waals surface area contributed by atoms with Crippen molar-refractivity contribution < 1.29 is 0 Å². The monoisotopic (exact) mass is 286 g/mol.